The van der Waals surface area contributed by atoms with Crippen molar-refractivity contribution in [2.45, 2.75) is 19.3 Å². The van der Waals surface area contributed by atoms with Crippen molar-refractivity contribution in [2.24, 2.45) is 5.92 Å². The normalized spacial score (nSPS) is 16.8. The standard InChI is InChI=1S/C21H22N6OS/c28-20(6-5-16-3-1-7-22-13-16)27-9-2-4-17(14-27)11-18-12-19(25-15-24-18)26-21-23-8-10-29-21/h1,3,5-8,10,12-13,15,17H,2,4,9,11,14H2,(H,23,24,25,26). The van der Waals surface area contributed by atoms with E-state index in [0.29, 0.717) is 5.92 Å². The van der Waals surface area contributed by atoms with Gasteiger partial charge in [-0.05, 0) is 42.9 Å². The van der Waals surface area contributed by atoms with Gasteiger partial charge in [0.2, 0.25) is 5.91 Å². The first kappa shape index (κ1) is 19.2. The highest BCUT2D eigenvalue weighted by atomic mass is 32.1. The van der Waals surface area contributed by atoms with Crippen molar-refractivity contribution < 1.29 is 4.79 Å². The van der Waals surface area contributed by atoms with Crippen LogP contribution in [0.5, 0.6) is 0 Å². The largest absolute Gasteiger partial charge is 0.339 e. The molecular weight excluding hydrogens is 384 g/mol. The number of piperidine rings is 1. The van der Waals surface area contributed by atoms with Crippen LogP contribution < -0.4 is 5.32 Å². The molecule has 1 aliphatic rings. The van der Waals surface area contributed by atoms with Crippen LogP contribution in [0.25, 0.3) is 6.08 Å². The van der Waals surface area contributed by atoms with Gasteiger partial charge in [-0.2, -0.15) is 0 Å². The second-order valence-electron chi connectivity index (χ2n) is 6.97. The molecule has 1 saturated heterocycles. The number of hydrogen-bond donors (Lipinski definition) is 1. The lowest BCUT2D eigenvalue weighted by Gasteiger charge is -2.32. The Morgan fingerprint density at radius 1 is 1.31 bits per heavy atom. The summed E-state index contributed by atoms with van der Waals surface area (Å²) in [4.78, 5) is 31.5. The van der Waals surface area contributed by atoms with Crippen molar-refractivity contribution in [3.05, 3.63) is 65.8 Å². The molecule has 1 atom stereocenters. The van der Waals surface area contributed by atoms with Crippen molar-refractivity contribution >= 4 is 34.3 Å². The minimum absolute atomic E-state index is 0.0485. The maximum absolute atomic E-state index is 12.6. The summed E-state index contributed by atoms with van der Waals surface area (Å²) in [5, 5.41) is 5.93. The molecule has 1 amide bonds. The molecule has 0 aromatic carbocycles. The lowest BCUT2D eigenvalue weighted by atomic mass is 9.93. The Morgan fingerprint density at radius 3 is 3.10 bits per heavy atom. The number of nitrogens with one attached hydrogen (secondary N) is 1. The Balaban J connectivity index is 1.35. The van der Waals surface area contributed by atoms with Crippen LogP contribution >= 0.6 is 11.3 Å². The maximum atomic E-state index is 12.6. The van der Waals surface area contributed by atoms with E-state index in [0.717, 1.165) is 54.6 Å². The number of hydrogen-bond acceptors (Lipinski definition) is 7. The topological polar surface area (TPSA) is 83.9 Å². The number of likely N-dealkylation sites (tertiary alicyclic amines) is 1. The van der Waals surface area contributed by atoms with E-state index in [-0.39, 0.29) is 5.91 Å². The van der Waals surface area contributed by atoms with E-state index < -0.39 is 0 Å². The predicted molar refractivity (Wildman–Crippen MR) is 114 cm³/mol. The Bertz CT molecular complexity index is 960. The van der Waals surface area contributed by atoms with E-state index in [9.17, 15) is 4.79 Å². The van der Waals surface area contributed by atoms with E-state index in [1.165, 1.54) is 11.3 Å². The molecule has 7 nitrogen and oxygen atoms in total. The van der Waals surface area contributed by atoms with E-state index >= 15 is 0 Å². The van der Waals surface area contributed by atoms with Crippen LogP contribution in [0.15, 0.2) is 54.6 Å². The number of nitrogens with zero attached hydrogens (tertiary/aromatic N) is 5. The van der Waals surface area contributed by atoms with E-state index in [1.54, 1.807) is 31.0 Å². The van der Waals surface area contributed by atoms with Crippen molar-refractivity contribution in [3.63, 3.8) is 0 Å². The van der Waals surface area contributed by atoms with Crippen LogP contribution in [0.2, 0.25) is 0 Å². The van der Waals surface area contributed by atoms with Gasteiger partial charge in [0.05, 0.1) is 0 Å². The second-order valence-corrected chi connectivity index (χ2v) is 7.87. The zero-order valence-corrected chi connectivity index (χ0v) is 16.8. The lowest BCUT2D eigenvalue weighted by molar-refractivity contribution is -0.127. The predicted octanol–water partition coefficient (Wildman–Crippen LogP) is 3.57. The molecule has 0 spiro atoms. The van der Waals surface area contributed by atoms with Crippen LogP contribution in [-0.2, 0) is 11.2 Å². The van der Waals surface area contributed by atoms with Gasteiger partial charge in [-0.25, -0.2) is 15.0 Å². The van der Waals surface area contributed by atoms with Crippen LogP contribution in [0.3, 0.4) is 0 Å². The number of amides is 1. The fourth-order valence-corrected chi connectivity index (χ4v) is 3.98. The molecule has 0 saturated carbocycles. The third-order valence-electron chi connectivity index (χ3n) is 4.82. The number of pyridine rings is 1. The number of carbonyl (C=O) groups is 1. The average molecular weight is 407 g/mol. The van der Waals surface area contributed by atoms with Crippen LogP contribution in [0.4, 0.5) is 10.9 Å². The molecule has 1 N–H and O–H groups in total. The first-order valence-electron chi connectivity index (χ1n) is 9.61. The Labute approximate surface area is 173 Å². The first-order valence-corrected chi connectivity index (χ1v) is 10.5. The number of anilines is 2. The lowest BCUT2D eigenvalue weighted by Crippen LogP contribution is -2.39. The van der Waals surface area contributed by atoms with Crippen LogP contribution in [0, 0.1) is 5.92 Å². The third kappa shape index (κ3) is 5.45. The van der Waals surface area contributed by atoms with Gasteiger partial charge in [0.25, 0.3) is 0 Å². The highest BCUT2D eigenvalue weighted by Crippen LogP contribution is 2.22. The highest BCUT2D eigenvalue weighted by molar-refractivity contribution is 7.13. The van der Waals surface area contributed by atoms with Gasteiger partial charge < -0.3 is 10.2 Å². The fraction of sp³-hybridized carbons (Fsp3) is 0.286. The molecule has 8 heteroatoms. The Kier molecular flexibility index (Phi) is 6.21. The molecule has 148 valence electrons. The number of carbonyl (C=O) groups excluding carboxylic acids is 1. The molecule has 0 bridgehead atoms. The van der Waals surface area contributed by atoms with Gasteiger partial charge in [0, 0.05) is 54.9 Å². The van der Waals surface area contributed by atoms with Gasteiger partial charge >= 0.3 is 0 Å². The monoisotopic (exact) mass is 406 g/mol. The summed E-state index contributed by atoms with van der Waals surface area (Å²) in [5.41, 5.74) is 1.90. The van der Waals surface area contributed by atoms with Gasteiger partial charge in [-0.3, -0.25) is 9.78 Å². The third-order valence-corrected chi connectivity index (χ3v) is 5.51. The van der Waals surface area contributed by atoms with Crippen LogP contribution in [0.1, 0.15) is 24.1 Å². The molecule has 0 aliphatic carbocycles. The highest BCUT2D eigenvalue weighted by Gasteiger charge is 2.23. The number of rotatable bonds is 6. The quantitative estimate of drug-likeness (QED) is 0.630. The molecule has 1 unspecified atom stereocenters. The maximum Gasteiger partial charge on any atom is 0.246 e. The summed E-state index contributed by atoms with van der Waals surface area (Å²) >= 11 is 1.53. The van der Waals surface area contributed by atoms with Gasteiger partial charge in [-0.1, -0.05) is 6.07 Å². The molecule has 3 aromatic heterocycles. The molecule has 0 radical (unpaired) electrons. The molecule has 1 fully saturated rings. The van der Waals surface area contributed by atoms with Gasteiger partial charge in [0.1, 0.15) is 12.1 Å². The van der Waals surface area contributed by atoms with Crippen molar-refractivity contribution in [1.29, 1.82) is 0 Å². The summed E-state index contributed by atoms with van der Waals surface area (Å²) in [6.45, 7) is 1.54. The first-order chi connectivity index (χ1) is 14.3. The number of aromatic nitrogens is 4. The van der Waals surface area contributed by atoms with E-state index in [1.807, 2.05) is 34.6 Å². The zero-order chi connectivity index (χ0) is 19.9. The molecule has 3 aromatic rings. The fourth-order valence-electron chi connectivity index (χ4n) is 3.45. The molecular formula is C21H22N6OS. The molecule has 1 aliphatic heterocycles. The second kappa shape index (κ2) is 9.38. The van der Waals surface area contributed by atoms with E-state index in [2.05, 4.69) is 25.3 Å². The minimum atomic E-state index is 0.0485. The Hall–Kier alpha value is -3.13. The average Bonchev–Trinajstić information content (AvgIpc) is 3.26. The summed E-state index contributed by atoms with van der Waals surface area (Å²) in [6, 6.07) is 5.76. The van der Waals surface area contributed by atoms with Gasteiger partial charge in [0.15, 0.2) is 5.13 Å². The molecule has 4 rings (SSSR count). The smallest absolute Gasteiger partial charge is 0.246 e. The Morgan fingerprint density at radius 2 is 2.28 bits per heavy atom. The van der Waals surface area contributed by atoms with Crippen molar-refractivity contribution in [1.82, 2.24) is 24.8 Å². The SMILES string of the molecule is O=C(C=Cc1cccnc1)N1CCCC(Cc2cc(Nc3nccs3)ncn2)C1. The summed E-state index contributed by atoms with van der Waals surface area (Å²) in [6.07, 6.45) is 13.2. The van der Waals surface area contributed by atoms with Crippen LogP contribution in [-0.4, -0.2) is 43.8 Å². The summed E-state index contributed by atoms with van der Waals surface area (Å²) in [7, 11) is 0. The molecule has 4 heterocycles. The van der Waals surface area contributed by atoms with Gasteiger partial charge in [-0.15, -0.1) is 11.3 Å². The molecule has 29 heavy (non-hydrogen) atoms. The minimum Gasteiger partial charge on any atom is -0.339 e. The van der Waals surface area contributed by atoms with Crippen molar-refractivity contribution in [3.8, 4) is 0 Å². The van der Waals surface area contributed by atoms with Crippen molar-refractivity contribution in [2.75, 3.05) is 18.4 Å². The number of thiazole rings is 1. The zero-order valence-electron chi connectivity index (χ0n) is 15.9. The van der Waals surface area contributed by atoms with E-state index in [4.69, 9.17) is 0 Å². The summed E-state index contributed by atoms with van der Waals surface area (Å²) < 4.78 is 0. The summed E-state index contributed by atoms with van der Waals surface area (Å²) in [5.74, 6) is 1.18.